The predicted molar refractivity (Wildman–Crippen MR) is 155 cm³/mol. The van der Waals surface area contributed by atoms with Gasteiger partial charge in [-0.3, -0.25) is 14.9 Å². The van der Waals surface area contributed by atoms with Crippen molar-refractivity contribution < 1.29 is 14.7 Å². The average Bonchev–Trinajstić information content (AvgIpc) is 3.26. The van der Waals surface area contributed by atoms with Crippen LogP contribution in [0.3, 0.4) is 0 Å². The lowest BCUT2D eigenvalue weighted by Gasteiger charge is -2.36. The maximum atomic E-state index is 13.7. The highest BCUT2D eigenvalue weighted by molar-refractivity contribution is 7.18. The van der Waals surface area contributed by atoms with E-state index in [4.69, 9.17) is 34.8 Å². The number of hydrogen-bond donors (Lipinski definition) is 3. The van der Waals surface area contributed by atoms with Crippen molar-refractivity contribution in [1.82, 2.24) is 10.6 Å². The van der Waals surface area contributed by atoms with E-state index in [9.17, 15) is 14.7 Å². The van der Waals surface area contributed by atoms with Crippen molar-refractivity contribution in [3.05, 3.63) is 98.3 Å². The molecule has 3 N–H and O–H groups in total. The summed E-state index contributed by atoms with van der Waals surface area (Å²) in [5.74, 6) is -1.29. The van der Waals surface area contributed by atoms with Gasteiger partial charge in [-0.15, -0.1) is 11.3 Å². The summed E-state index contributed by atoms with van der Waals surface area (Å²) in [7, 11) is 0. The van der Waals surface area contributed by atoms with Crippen LogP contribution in [0.2, 0.25) is 15.1 Å². The van der Waals surface area contributed by atoms with Crippen LogP contribution >= 0.6 is 46.1 Å². The zero-order chi connectivity index (χ0) is 26.9. The number of piperidine rings is 1. The van der Waals surface area contributed by atoms with Crippen molar-refractivity contribution in [2.45, 2.75) is 18.3 Å². The van der Waals surface area contributed by atoms with E-state index in [1.165, 1.54) is 0 Å². The number of halogens is 3. The Morgan fingerprint density at radius 3 is 2.21 bits per heavy atom. The number of aromatic hydroxyl groups is 1. The molecule has 2 amide bonds. The van der Waals surface area contributed by atoms with E-state index >= 15 is 0 Å². The Kier molecular flexibility index (Phi) is 7.80. The molecule has 0 bridgehead atoms. The van der Waals surface area contributed by atoms with Gasteiger partial charge in [0.15, 0.2) is 0 Å². The third-order valence-corrected chi connectivity index (χ3v) is 8.85. The molecular formula is C29H23Cl3N2O3S. The first kappa shape index (κ1) is 26.7. The van der Waals surface area contributed by atoms with Gasteiger partial charge in [0.05, 0.1) is 10.4 Å². The molecule has 0 unspecified atom stereocenters. The van der Waals surface area contributed by atoms with Crippen molar-refractivity contribution in [3.63, 3.8) is 0 Å². The van der Waals surface area contributed by atoms with Crippen LogP contribution in [0.5, 0.6) is 5.75 Å². The Morgan fingerprint density at radius 2 is 1.55 bits per heavy atom. The normalized spacial score (nSPS) is 14.7. The second-order valence-corrected chi connectivity index (χ2v) is 11.4. The van der Waals surface area contributed by atoms with E-state index in [2.05, 4.69) is 10.6 Å². The van der Waals surface area contributed by atoms with Crippen LogP contribution in [-0.2, 0) is 10.2 Å². The molecule has 1 aliphatic heterocycles. The minimum absolute atomic E-state index is 0.0152. The quantitative estimate of drug-likeness (QED) is 0.214. The number of nitrogens with one attached hydrogen (secondary N) is 2. The van der Waals surface area contributed by atoms with Gasteiger partial charge in [0.2, 0.25) is 5.91 Å². The summed E-state index contributed by atoms with van der Waals surface area (Å²) in [5.41, 5.74) is 1.68. The van der Waals surface area contributed by atoms with Crippen molar-refractivity contribution >= 4 is 58.0 Å². The number of benzene rings is 3. The highest BCUT2D eigenvalue weighted by Crippen LogP contribution is 2.49. The lowest BCUT2D eigenvalue weighted by molar-refractivity contribution is -0.126. The Hall–Kier alpha value is -2.87. The molecular weight excluding hydrogens is 563 g/mol. The minimum atomic E-state index is -0.851. The van der Waals surface area contributed by atoms with Gasteiger partial charge >= 0.3 is 0 Å². The first-order valence-corrected chi connectivity index (χ1v) is 13.9. The molecule has 194 valence electrons. The van der Waals surface area contributed by atoms with Gasteiger partial charge in [0.25, 0.3) is 5.91 Å². The van der Waals surface area contributed by atoms with Gasteiger partial charge in [-0.1, -0.05) is 83.3 Å². The molecule has 1 aromatic heterocycles. The molecule has 0 spiro atoms. The Balaban J connectivity index is 1.56. The summed E-state index contributed by atoms with van der Waals surface area (Å²) in [6.07, 6.45) is 1.10. The molecule has 0 atom stereocenters. The van der Waals surface area contributed by atoms with Crippen molar-refractivity contribution in [1.29, 1.82) is 0 Å². The molecule has 3 aromatic carbocycles. The fraction of sp³-hybridized carbons (Fsp3) is 0.172. The summed E-state index contributed by atoms with van der Waals surface area (Å²) in [6.45, 7) is 1.31. The molecule has 5 nitrogen and oxygen atoms in total. The summed E-state index contributed by atoms with van der Waals surface area (Å²) < 4.78 is 0. The maximum Gasteiger partial charge on any atom is 0.271 e. The largest absolute Gasteiger partial charge is 0.506 e. The Morgan fingerprint density at radius 1 is 0.895 bits per heavy atom. The van der Waals surface area contributed by atoms with E-state index in [-0.39, 0.29) is 16.5 Å². The maximum absolute atomic E-state index is 13.7. The number of carbonyl (C=O) groups is 2. The molecule has 2 heterocycles. The number of amides is 2. The van der Waals surface area contributed by atoms with Crippen LogP contribution in [0.15, 0.2) is 72.8 Å². The molecule has 38 heavy (non-hydrogen) atoms. The molecule has 5 rings (SSSR count). The Bertz CT molecular complexity index is 1500. The fourth-order valence-corrected chi connectivity index (χ4v) is 6.70. The molecule has 0 radical (unpaired) electrons. The monoisotopic (exact) mass is 584 g/mol. The fourth-order valence-electron chi connectivity index (χ4n) is 4.86. The molecule has 0 saturated carbocycles. The van der Waals surface area contributed by atoms with Crippen molar-refractivity contribution in [2.24, 2.45) is 0 Å². The van der Waals surface area contributed by atoms with Gasteiger partial charge in [-0.05, 0) is 61.3 Å². The number of imide groups is 1. The zero-order valence-corrected chi connectivity index (χ0v) is 23.1. The second-order valence-electron chi connectivity index (χ2n) is 9.10. The van der Waals surface area contributed by atoms with E-state index < -0.39 is 11.3 Å². The van der Waals surface area contributed by atoms with Crippen LogP contribution in [0, 0.1) is 0 Å². The smallest absolute Gasteiger partial charge is 0.271 e. The summed E-state index contributed by atoms with van der Waals surface area (Å²) in [5, 5.41) is 18.6. The van der Waals surface area contributed by atoms with E-state index in [0.29, 0.717) is 62.6 Å². The summed E-state index contributed by atoms with van der Waals surface area (Å²) in [6, 6.07) is 21.4. The standard InChI is InChI=1S/C29H23Cl3N2O3S/c30-19-8-6-17(7-9-19)23-24(35)26(38-25(23)21-11-10-20(31)16-22(21)32)27(36)34-28(37)29(12-14-33-15-13-29)18-4-2-1-3-5-18/h1-11,16,33,35H,12-15H2,(H,34,36,37). The van der Waals surface area contributed by atoms with E-state index in [1.807, 2.05) is 30.3 Å². The number of hydrogen-bond acceptors (Lipinski definition) is 5. The number of thiophene rings is 1. The van der Waals surface area contributed by atoms with Crippen LogP contribution in [0.1, 0.15) is 28.1 Å². The third kappa shape index (κ3) is 5.07. The SMILES string of the molecule is O=C(NC(=O)C1(c2ccccc2)CCNCC1)c1sc(-c2ccc(Cl)cc2Cl)c(-c2ccc(Cl)cc2)c1O. The summed E-state index contributed by atoms with van der Waals surface area (Å²) in [4.78, 5) is 27.8. The molecule has 1 aliphatic rings. The molecule has 4 aromatic rings. The van der Waals surface area contributed by atoms with Crippen LogP contribution < -0.4 is 10.6 Å². The van der Waals surface area contributed by atoms with Crippen molar-refractivity contribution in [2.75, 3.05) is 13.1 Å². The molecule has 9 heteroatoms. The topological polar surface area (TPSA) is 78.4 Å². The van der Waals surface area contributed by atoms with Gasteiger partial charge in [-0.2, -0.15) is 0 Å². The summed E-state index contributed by atoms with van der Waals surface area (Å²) >= 11 is 19.8. The van der Waals surface area contributed by atoms with Gasteiger partial charge in [0, 0.05) is 26.0 Å². The average molecular weight is 586 g/mol. The van der Waals surface area contributed by atoms with E-state index in [1.54, 1.807) is 42.5 Å². The predicted octanol–water partition coefficient (Wildman–Crippen LogP) is 7.33. The van der Waals surface area contributed by atoms with Crippen LogP contribution in [0.4, 0.5) is 0 Å². The number of rotatable bonds is 5. The van der Waals surface area contributed by atoms with Gasteiger partial charge in [-0.25, -0.2) is 0 Å². The molecule has 1 saturated heterocycles. The molecule has 1 fully saturated rings. The van der Waals surface area contributed by atoms with Crippen LogP contribution in [-0.4, -0.2) is 30.0 Å². The molecule has 0 aliphatic carbocycles. The third-order valence-electron chi connectivity index (χ3n) is 6.84. The zero-order valence-electron chi connectivity index (χ0n) is 20.1. The van der Waals surface area contributed by atoms with Crippen molar-refractivity contribution in [3.8, 4) is 27.3 Å². The van der Waals surface area contributed by atoms with Gasteiger partial charge in [0.1, 0.15) is 10.6 Å². The highest BCUT2D eigenvalue weighted by Gasteiger charge is 2.42. The van der Waals surface area contributed by atoms with Gasteiger partial charge < -0.3 is 10.4 Å². The lowest BCUT2D eigenvalue weighted by atomic mass is 9.72. The highest BCUT2D eigenvalue weighted by atomic mass is 35.5. The second kappa shape index (κ2) is 11.1. The van der Waals surface area contributed by atoms with Crippen LogP contribution in [0.25, 0.3) is 21.6 Å². The minimum Gasteiger partial charge on any atom is -0.506 e. The Labute approximate surface area is 239 Å². The first-order valence-electron chi connectivity index (χ1n) is 12.0. The number of carbonyl (C=O) groups excluding carboxylic acids is 2. The first-order chi connectivity index (χ1) is 18.3. The van der Waals surface area contributed by atoms with E-state index in [0.717, 1.165) is 16.9 Å². The lowest BCUT2D eigenvalue weighted by Crippen LogP contribution is -2.52.